The van der Waals surface area contributed by atoms with Crippen molar-refractivity contribution in [3.05, 3.63) is 17.7 Å². The quantitative estimate of drug-likeness (QED) is 0.924. The second-order valence-electron chi connectivity index (χ2n) is 5.71. The molecular formula is C15H21NO5. The van der Waals surface area contributed by atoms with Crippen molar-refractivity contribution >= 4 is 6.09 Å². The highest BCUT2D eigenvalue weighted by Gasteiger charge is 2.20. The minimum Gasteiger partial charge on any atom is -0.493 e. The van der Waals surface area contributed by atoms with Gasteiger partial charge in [-0.15, -0.1) is 0 Å². The van der Waals surface area contributed by atoms with E-state index in [0.717, 1.165) is 5.56 Å². The number of nitrogens with one attached hydrogen (secondary N) is 1. The molecule has 1 aromatic rings. The van der Waals surface area contributed by atoms with Crippen LogP contribution in [0.1, 0.15) is 26.3 Å². The van der Waals surface area contributed by atoms with Crippen molar-refractivity contribution in [3.63, 3.8) is 0 Å². The number of benzene rings is 1. The fraction of sp³-hybridized carbons (Fsp3) is 0.533. The van der Waals surface area contributed by atoms with E-state index in [4.69, 9.17) is 18.9 Å². The van der Waals surface area contributed by atoms with Crippen molar-refractivity contribution in [1.82, 2.24) is 5.32 Å². The van der Waals surface area contributed by atoms with Gasteiger partial charge < -0.3 is 24.3 Å². The van der Waals surface area contributed by atoms with Gasteiger partial charge in [-0.05, 0) is 44.9 Å². The topological polar surface area (TPSA) is 66.0 Å². The van der Waals surface area contributed by atoms with E-state index in [9.17, 15) is 4.79 Å². The lowest BCUT2D eigenvalue weighted by molar-refractivity contribution is 0.0528. The molecule has 6 nitrogen and oxygen atoms in total. The van der Waals surface area contributed by atoms with Gasteiger partial charge in [0.15, 0.2) is 11.5 Å². The van der Waals surface area contributed by atoms with Crippen LogP contribution < -0.4 is 19.5 Å². The first-order valence-electron chi connectivity index (χ1n) is 6.82. The molecule has 0 aromatic heterocycles. The number of carbonyl (C=O) groups excluding carboxylic acids is 1. The molecule has 0 aliphatic carbocycles. The van der Waals surface area contributed by atoms with Crippen molar-refractivity contribution in [1.29, 1.82) is 0 Å². The maximum atomic E-state index is 11.6. The van der Waals surface area contributed by atoms with Crippen LogP contribution in [0.5, 0.6) is 17.2 Å². The summed E-state index contributed by atoms with van der Waals surface area (Å²) in [5.74, 6) is 1.93. The van der Waals surface area contributed by atoms with E-state index in [0.29, 0.717) is 30.2 Å². The predicted octanol–water partition coefficient (Wildman–Crippen LogP) is 2.49. The molecule has 0 saturated carbocycles. The standard InChI is InChI=1S/C15H21NO5/c1-15(2,3)21-14(17)16-6-5-10-7-11(18-4)13-12(8-10)19-9-20-13/h7-8H,5-6,9H2,1-4H3,(H,16,17). The van der Waals surface area contributed by atoms with Gasteiger partial charge in [0.1, 0.15) is 5.60 Å². The zero-order valence-corrected chi connectivity index (χ0v) is 12.8. The van der Waals surface area contributed by atoms with Crippen LogP contribution in [0, 0.1) is 0 Å². The molecule has 0 fully saturated rings. The Morgan fingerprint density at radius 2 is 2.10 bits per heavy atom. The first kappa shape index (κ1) is 15.3. The smallest absolute Gasteiger partial charge is 0.407 e. The van der Waals surface area contributed by atoms with E-state index in [2.05, 4.69) is 5.32 Å². The normalized spacial score (nSPS) is 13.0. The predicted molar refractivity (Wildman–Crippen MR) is 77.1 cm³/mol. The lowest BCUT2D eigenvalue weighted by atomic mass is 10.1. The molecule has 6 heteroatoms. The molecule has 21 heavy (non-hydrogen) atoms. The Morgan fingerprint density at radius 3 is 2.76 bits per heavy atom. The van der Waals surface area contributed by atoms with Gasteiger partial charge in [0.2, 0.25) is 12.5 Å². The van der Waals surface area contributed by atoms with E-state index >= 15 is 0 Å². The molecule has 1 N–H and O–H groups in total. The number of alkyl carbamates (subject to hydrolysis) is 1. The number of amides is 1. The number of ether oxygens (including phenoxy) is 4. The fourth-order valence-corrected chi connectivity index (χ4v) is 1.95. The Labute approximate surface area is 124 Å². The van der Waals surface area contributed by atoms with Gasteiger partial charge >= 0.3 is 6.09 Å². The van der Waals surface area contributed by atoms with Crippen LogP contribution >= 0.6 is 0 Å². The molecule has 0 unspecified atom stereocenters. The summed E-state index contributed by atoms with van der Waals surface area (Å²) in [5.41, 5.74) is 0.499. The van der Waals surface area contributed by atoms with Crippen LogP contribution in [0.25, 0.3) is 0 Å². The van der Waals surface area contributed by atoms with E-state index in [1.807, 2.05) is 32.9 Å². The highest BCUT2D eigenvalue weighted by molar-refractivity contribution is 5.67. The summed E-state index contributed by atoms with van der Waals surface area (Å²) in [6.07, 6.45) is 0.224. The molecule has 0 atom stereocenters. The monoisotopic (exact) mass is 295 g/mol. The Kier molecular flexibility index (Phi) is 4.45. The molecule has 0 radical (unpaired) electrons. The van der Waals surface area contributed by atoms with Gasteiger partial charge in [-0.3, -0.25) is 0 Å². The summed E-state index contributed by atoms with van der Waals surface area (Å²) >= 11 is 0. The molecule has 0 saturated heterocycles. The number of hydrogen-bond acceptors (Lipinski definition) is 5. The Bertz CT molecular complexity index is 522. The van der Waals surface area contributed by atoms with Gasteiger partial charge in [-0.1, -0.05) is 0 Å². The van der Waals surface area contributed by atoms with Crippen LogP contribution in [0.2, 0.25) is 0 Å². The average molecular weight is 295 g/mol. The van der Waals surface area contributed by atoms with Crippen molar-refractivity contribution in [2.24, 2.45) is 0 Å². The minimum absolute atomic E-state index is 0.200. The fourth-order valence-electron chi connectivity index (χ4n) is 1.95. The molecule has 1 aliphatic rings. The summed E-state index contributed by atoms with van der Waals surface area (Å²) in [6.45, 7) is 6.16. The zero-order chi connectivity index (χ0) is 15.5. The third-order valence-corrected chi connectivity index (χ3v) is 2.80. The van der Waals surface area contributed by atoms with Gasteiger partial charge in [0.05, 0.1) is 7.11 Å². The lowest BCUT2D eigenvalue weighted by Gasteiger charge is -2.19. The maximum absolute atomic E-state index is 11.6. The Balaban J connectivity index is 1.91. The van der Waals surface area contributed by atoms with Crippen molar-refractivity contribution in [2.75, 3.05) is 20.4 Å². The Morgan fingerprint density at radius 1 is 1.33 bits per heavy atom. The number of hydrogen-bond donors (Lipinski definition) is 1. The third kappa shape index (κ3) is 4.18. The highest BCUT2D eigenvalue weighted by Crippen LogP contribution is 2.41. The molecule has 1 aliphatic heterocycles. The molecule has 116 valence electrons. The molecular weight excluding hydrogens is 274 g/mol. The SMILES string of the molecule is COc1cc(CCNC(=O)OC(C)(C)C)cc2c1OCO2. The minimum atomic E-state index is -0.494. The van der Waals surface area contributed by atoms with Crippen molar-refractivity contribution < 1.29 is 23.7 Å². The van der Waals surface area contributed by atoms with Gasteiger partial charge in [0.25, 0.3) is 0 Å². The summed E-state index contributed by atoms with van der Waals surface area (Å²) in [7, 11) is 1.58. The van der Waals surface area contributed by atoms with E-state index in [1.54, 1.807) is 7.11 Å². The largest absolute Gasteiger partial charge is 0.493 e. The summed E-state index contributed by atoms with van der Waals surface area (Å²) < 4.78 is 21.1. The van der Waals surface area contributed by atoms with Crippen molar-refractivity contribution in [3.8, 4) is 17.2 Å². The summed E-state index contributed by atoms with van der Waals surface area (Å²) in [5, 5.41) is 2.72. The van der Waals surface area contributed by atoms with Crippen LogP contribution in [-0.4, -0.2) is 32.1 Å². The number of rotatable bonds is 4. The summed E-state index contributed by atoms with van der Waals surface area (Å²) in [4.78, 5) is 11.6. The number of carbonyl (C=O) groups is 1. The highest BCUT2D eigenvalue weighted by atomic mass is 16.7. The summed E-state index contributed by atoms with van der Waals surface area (Å²) in [6, 6.07) is 3.77. The van der Waals surface area contributed by atoms with E-state index in [-0.39, 0.29) is 6.79 Å². The Hall–Kier alpha value is -2.11. The average Bonchev–Trinajstić information content (AvgIpc) is 2.83. The molecule has 1 heterocycles. The zero-order valence-electron chi connectivity index (χ0n) is 12.8. The molecule has 2 rings (SSSR count). The van der Waals surface area contributed by atoms with E-state index < -0.39 is 11.7 Å². The van der Waals surface area contributed by atoms with Crippen LogP contribution in [0.15, 0.2) is 12.1 Å². The van der Waals surface area contributed by atoms with Gasteiger partial charge in [0, 0.05) is 6.54 Å². The number of methoxy groups -OCH3 is 1. The second-order valence-corrected chi connectivity index (χ2v) is 5.71. The van der Waals surface area contributed by atoms with Crippen molar-refractivity contribution in [2.45, 2.75) is 32.8 Å². The molecule has 0 spiro atoms. The van der Waals surface area contributed by atoms with E-state index in [1.165, 1.54) is 0 Å². The number of fused-ring (bicyclic) bond motifs is 1. The molecule has 1 amide bonds. The lowest BCUT2D eigenvalue weighted by Crippen LogP contribution is -2.33. The van der Waals surface area contributed by atoms with Crippen LogP contribution in [0.3, 0.4) is 0 Å². The maximum Gasteiger partial charge on any atom is 0.407 e. The van der Waals surface area contributed by atoms with Crippen LogP contribution in [-0.2, 0) is 11.2 Å². The second kappa shape index (κ2) is 6.11. The van der Waals surface area contributed by atoms with Gasteiger partial charge in [-0.25, -0.2) is 4.79 Å². The first-order valence-corrected chi connectivity index (χ1v) is 6.82. The molecule has 0 bridgehead atoms. The van der Waals surface area contributed by atoms with Gasteiger partial charge in [-0.2, -0.15) is 0 Å². The molecule has 1 aromatic carbocycles. The first-order chi connectivity index (χ1) is 9.89. The third-order valence-electron chi connectivity index (χ3n) is 2.80. The van der Waals surface area contributed by atoms with Crippen LogP contribution in [0.4, 0.5) is 4.79 Å².